The van der Waals surface area contributed by atoms with Crippen LogP contribution in [0.25, 0.3) is 44.8 Å². The molecule has 12 rings (SSSR count). The number of methoxy groups -OCH3 is 2. The van der Waals surface area contributed by atoms with E-state index in [-0.39, 0.29) is 41.7 Å². The van der Waals surface area contributed by atoms with Crippen LogP contribution in [0.4, 0.5) is 9.59 Å². The van der Waals surface area contributed by atoms with Crippen LogP contribution in [0.15, 0.2) is 97.3 Å². The number of benzene rings is 4. The van der Waals surface area contributed by atoms with Crippen LogP contribution in [0, 0.1) is 11.8 Å². The third-order valence-electron chi connectivity index (χ3n) is 14.8. The lowest BCUT2D eigenvalue weighted by atomic mass is 9.84. The summed E-state index contributed by atoms with van der Waals surface area (Å²) in [5.41, 5.74) is 13.9. The Morgan fingerprint density at radius 1 is 0.606 bits per heavy atom. The van der Waals surface area contributed by atoms with Crippen molar-refractivity contribution in [2.75, 3.05) is 27.3 Å². The maximum absolute atomic E-state index is 13.7. The average molecular weight is 959 g/mol. The summed E-state index contributed by atoms with van der Waals surface area (Å²) in [5.74, 6) is 1.29. The highest BCUT2D eigenvalue weighted by molar-refractivity contribution is 5.87. The molecule has 0 spiro atoms. The van der Waals surface area contributed by atoms with Crippen molar-refractivity contribution in [3.8, 4) is 44.8 Å². The number of rotatable bonds is 12. The van der Waals surface area contributed by atoms with Crippen molar-refractivity contribution in [1.29, 1.82) is 0 Å². The number of hydrogen-bond donors (Lipinski definition) is 4. The number of imidazole rings is 2. The van der Waals surface area contributed by atoms with Gasteiger partial charge in [-0.05, 0) is 118 Å². The fraction of sp³-hybridized carbons (Fsp3) is 0.404. The molecule has 4 amide bonds. The van der Waals surface area contributed by atoms with Gasteiger partial charge in [0.15, 0.2) is 0 Å². The second-order valence-electron chi connectivity index (χ2n) is 20.1. The van der Waals surface area contributed by atoms with E-state index >= 15 is 0 Å². The number of aromatic amines is 2. The first-order chi connectivity index (χ1) is 34.3. The van der Waals surface area contributed by atoms with Crippen molar-refractivity contribution >= 4 is 24.0 Å². The van der Waals surface area contributed by atoms with Gasteiger partial charge < -0.3 is 39.9 Å². The molecule has 6 aromatic rings. The summed E-state index contributed by atoms with van der Waals surface area (Å²) in [7, 11) is 2.61. The van der Waals surface area contributed by atoms with Crippen molar-refractivity contribution in [2.24, 2.45) is 11.8 Å². The van der Waals surface area contributed by atoms with E-state index < -0.39 is 24.3 Å². The number of likely N-dealkylation sites (tertiary alicyclic amines) is 2. The largest absolute Gasteiger partial charge is 0.453 e. The number of ether oxygens (including phenoxy) is 2. The molecule has 370 valence electrons. The molecule has 0 unspecified atom stereocenters. The number of aromatic nitrogens is 4. The van der Waals surface area contributed by atoms with Gasteiger partial charge in [-0.3, -0.25) is 9.59 Å². The molecule has 2 fully saturated rings. The molecule has 5 atom stereocenters. The van der Waals surface area contributed by atoms with Gasteiger partial charge in [-0.25, -0.2) is 19.6 Å². The molecule has 0 saturated carbocycles. The number of carbonyl (C=O) groups excluding carboxylic acids is 4. The fourth-order valence-electron chi connectivity index (χ4n) is 10.7. The van der Waals surface area contributed by atoms with Crippen LogP contribution in [0.3, 0.4) is 0 Å². The Bertz CT molecular complexity index is 2890. The SMILES string of the molecule is COC(=O)N[C@H](C(=O)N1CCC[C@H]1c1ncc(-c2ccc(-c3cc4ccc3CCc3ccc(c(-c5ccc(-c6cnc([C@@H]7CCCN7C(=O)[C@@H](NC(=O)OC)C(C)C)[nH]6)cc5)c3)C[C@H]4C)cc2)[nH]1)C(C)C. The number of nitrogens with one attached hydrogen (secondary N) is 4. The second kappa shape index (κ2) is 21.0. The van der Waals surface area contributed by atoms with Gasteiger partial charge in [0.05, 0.1) is 50.1 Å². The van der Waals surface area contributed by atoms with E-state index in [0.29, 0.717) is 13.1 Å². The average Bonchev–Trinajstić information content (AvgIpc) is 4.24. The van der Waals surface area contributed by atoms with Gasteiger partial charge in [-0.15, -0.1) is 0 Å². The van der Waals surface area contributed by atoms with Crippen LogP contribution in [-0.4, -0.2) is 93.1 Å². The van der Waals surface area contributed by atoms with Gasteiger partial charge in [-0.2, -0.15) is 0 Å². The maximum Gasteiger partial charge on any atom is 0.407 e. The van der Waals surface area contributed by atoms with Crippen molar-refractivity contribution in [1.82, 2.24) is 40.4 Å². The van der Waals surface area contributed by atoms with Gasteiger partial charge in [0.1, 0.15) is 23.7 Å². The summed E-state index contributed by atoms with van der Waals surface area (Å²) >= 11 is 0. The van der Waals surface area contributed by atoms with Gasteiger partial charge >= 0.3 is 12.2 Å². The zero-order chi connectivity index (χ0) is 49.9. The van der Waals surface area contributed by atoms with Crippen molar-refractivity contribution in [3.63, 3.8) is 0 Å². The van der Waals surface area contributed by atoms with Gasteiger partial charge in [-0.1, -0.05) is 120 Å². The van der Waals surface area contributed by atoms with E-state index in [9.17, 15) is 19.2 Å². The molecule has 14 nitrogen and oxygen atoms in total. The molecule has 0 radical (unpaired) electrons. The van der Waals surface area contributed by atoms with Crippen LogP contribution in [0.2, 0.25) is 0 Å². The number of alkyl carbamates (subject to hydrolysis) is 2. The van der Waals surface area contributed by atoms with E-state index in [1.165, 1.54) is 58.7 Å². The van der Waals surface area contributed by atoms with Crippen LogP contribution in [0.5, 0.6) is 0 Å². The van der Waals surface area contributed by atoms with E-state index in [0.717, 1.165) is 79.1 Å². The van der Waals surface area contributed by atoms with E-state index in [4.69, 9.17) is 19.4 Å². The number of aryl methyl sites for hydroxylation is 2. The predicted molar refractivity (Wildman–Crippen MR) is 274 cm³/mol. The highest BCUT2D eigenvalue weighted by Crippen LogP contribution is 2.38. The lowest BCUT2D eigenvalue weighted by Gasteiger charge is -2.30. The zero-order valence-electron chi connectivity index (χ0n) is 41.9. The smallest absolute Gasteiger partial charge is 0.407 e. The molecule has 4 aromatic carbocycles. The van der Waals surface area contributed by atoms with Crippen LogP contribution in [0.1, 0.15) is 112 Å². The second-order valence-corrected chi connectivity index (χ2v) is 20.1. The zero-order valence-corrected chi connectivity index (χ0v) is 41.9. The summed E-state index contributed by atoms with van der Waals surface area (Å²) in [6.07, 6.45) is 8.43. The summed E-state index contributed by atoms with van der Waals surface area (Å²) < 4.78 is 9.61. The highest BCUT2D eigenvalue weighted by atomic mass is 16.5. The minimum atomic E-state index is -0.687. The van der Waals surface area contributed by atoms with Crippen molar-refractivity contribution in [3.05, 3.63) is 131 Å². The third-order valence-corrected chi connectivity index (χ3v) is 14.8. The lowest BCUT2D eigenvalue weighted by molar-refractivity contribution is -0.136. The van der Waals surface area contributed by atoms with Gasteiger partial charge in [0.25, 0.3) is 0 Å². The minimum Gasteiger partial charge on any atom is -0.453 e. The minimum absolute atomic E-state index is 0.105. The van der Waals surface area contributed by atoms with Gasteiger partial charge in [0.2, 0.25) is 11.8 Å². The number of amides is 4. The Balaban J connectivity index is 0.888. The van der Waals surface area contributed by atoms with E-state index in [1.807, 2.05) is 49.9 Å². The molecule has 2 saturated heterocycles. The Hall–Kier alpha value is -7.22. The summed E-state index contributed by atoms with van der Waals surface area (Å²) in [6, 6.07) is 29.6. The molecule has 4 heterocycles. The summed E-state index contributed by atoms with van der Waals surface area (Å²) in [5, 5.41) is 5.45. The first-order valence-electron chi connectivity index (χ1n) is 25.2. The van der Waals surface area contributed by atoms with Gasteiger partial charge in [0, 0.05) is 13.1 Å². The normalized spacial score (nSPS) is 18.6. The lowest BCUT2D eigenvalue weighted by Crippen LogP contribution is -2.51. The monoisotopic (exact) mass is 959 g/mol. The maximum atomic E-state index is 13.7. The Morgan fingerprint density at radius 3 is 1.55 bits per heavy atom. The number of hydrogen-bond acceptors (Lipinski definition) is 8. The molecular formula is C57H66N8O6. The van der Waals surface area contributed by atoms with Crippen LogP contribution < -0.4 is 10.6 Å². The van der Waals surface area contributed by atoms with Crippen molar-refractivity contribution in [2.45, 2.75) is 110 Å². The number of nitrogens with zero attached hydrogens (tertiary/aromatic N) is 4. The van der Waals surface area contributed by atoms with Crippen LogP contribution >= 0.6 is 0 Å². The highest BCUT2D eigenvalue weighted by Gasteiger charge is 2.39. The fourth-order valence-corrected chi connectivity index (χ4v) is 10.7. The Kier molecular flexibility index (Phi) is 14.4. The molecular weight excluding hydrogens is 893 g/mol. The van der Waals surface area contributed by atoms with Crippen LogP contribution in [-0.2, 0) is 38.3 Å². The predicted octanol–water partition coefficient (Wildman–Crippen LogP) is 10.3. The first kappa shape index (κ1) is 48.8. The topological polar surface area (TPSA) is 175 Å². The Morgan fingerprint density at radius 2 is 1.07 bits per heavy atom. The molecule has 71 heavy (non-hydrogen) atoms. The number of H-pyrrole nitrogens is 2. The van der Waals surface area contributed by atoms with Crippen molar-refractivity contribution < 1.29 is 28.7 Å². The number of carbonyl (C=O) groups is 4. The molecule has 4 aliphatic carbocycles. The standard InChI is InChI=1S/C57H66N8O6/c1-33(2)50(62-56(68)70-6)54(66)64-26-8-10-48(64)52-58-31-46(60-52)40-21-16-38(17-22-40)44-29-36-12-14-37-20-25-42(35(5)28-43(44)15-13-36)30-45(37)39-18-23-41(24-19-39)47-32-59-53(61-47)49-11-9-27-65(49)55(67)51(34(3)4)63-57(69)71-7/h13,15-25,29-35,48-51H,8-12,14,26-28H2,1-7H3,(H,58,60)(H,59,61)(H,62,68)(H,63,69)/t35-,48+,49+,50+,51+/m1/s1. The first-order valence-corrected chi connectivity index (χ1v) is 25.2. The Labute approximate surface area is 416 Å². The van der Waals surface area contributed by atoms with E-state index in [2.05, 4.69) is 112 Å². The summed E-state index contributed by atoms with van der Waals surface area (Å²) in [4.78, 5) is 71.8. The summed E-state index contributed by atoms with van der Waals surface area (Å²) in [6.45, 7) is 11.2. The molecule has 6 aliphatic rings. The molecule has 2 aromatic heterocycles. The molecule has 14 heteroatoms. The third kappa shape index (κ3) is 10.3. The van der Waals surface area contributed by atoms with E-state index in [1.54, 1.807) is 0 Å². The molecule has 4 bridgehead atoms. The molecule has 4 N–H and O–H groups in total. The molecule has 2 aliphatic heterocycles. The quantitative estimate of drug-likeness (QED) is 0.0938.